The Hall–Kier alpha value is -2.31. The average molecular weight is 416 g/mol. The average Bonchev–Trinajstić information content (AvgIpc) is 2.73. The molecule has 0 saturated carbocycles. The number of piperidine rings is 1. The highest BCUT2D eigenvalue weighted by Gasteiger charge is 2.25. The van der Waals surface area contributed by atoms with Gasteiger partial charge in [-0.25, -0.2) is 8.78 Å². The molecular weight excluding hydrogens is 384 g/mol. The third-order valence-electron chi connectivity index (χ3n) is 5.63. The smallest absolute Gasteiger partial charge is 0.253 e. The Bertz CT molecular complexity index is 825. The monoisotopic (exact) mass is 415 g/mol. The van der Waals surface area contributed by atoms with Crippen LogP contribution in [0, 0.1) is 17.6 Å². The molecule has 0 aliphatic carbocycles. The highest BCUT2D eigenvalue weighted by Crippen LogP contribution is 2.21. The SMILES string of the molecule is CN(C)CCN(C[C@H]1CCCN(Cc2ccccc2F)C1)C(=O)c1ccc(F)cc1. The number of hydrogen-bond donors (Lipinski definition) is 0. The molecule has 30 heavy (non-hydrogen) atoms. The number of nitrogens with zero attached hydrogens (tertiary/aromatic N) is 3. The lowest BCUT2D eigenvalue weighted by Gasteiger charge is -2.36. The van der Waals surface area contributed by atoms with E-state index in [1.165, 1.54) is 18.2 Å². The van der Waals surface area contributed by atoms with E-state index in [1.54, 1.807) is 18.2 Å². The van der Waals surface area contributed by atoms with Gasteiger partial charge in [-0.3, -0.25) is 9.69 Å². The molecule has 2 aromatic carbocycles. The van der Waals surface area contributed by atoms with Gasteiger partial charge in [0.25, 0.3) is 5.91 Å². The number of carbonyl (C=O) groups excluding carboxylic acids is 1. The first kappa shape index (κ1) is 22.4. The summed E-state index contributed by atoms with van der Waals surface area (Å²) < 4.78 is 27.3. The van der Waals surface area contributed by atoms with Crippen LogP contribution in [0.5, 0.6) is 0 Å². The van der Waals surface area contributed by atoms with Crippen LogP contribution in [0.4, 0.5) is 8.78 Å². The fourth-order valence-electron chi connectivity index (χ4n) is 3.99. The van der Waals surface area contributed by atoms with Crippen molar-refractivity contribution in [3.8, 4) is 0 Å². The van der Waals surface area contributed by atoms with Crippen molar-refractivity contribution in [2.45, 2.75) is 19.4 Å². The molecule has 1 fully saturated rings. The zero-order chi connectivity index (χ0) is 21.5. The van der Waals surface area contributed by atoms with Gasteiger partial charge in [-0.15, -0.1) is 0 Å². The lowest BCUT2D eigenvalue weighted by Crippen LogP contribution is -2.44. The molecular formula is C24H31F2N3O. The van der Waals surface area contributed by atoms with Crippen LogP contribution in [0.1, 0.15) is 28.8 Å². The fourth-order valence-corrected chi connectivity index (χ4v) is 3.99. The van der Waals surface area contributed by atoms with Gasteiger partial charge in [0.15, 0.2) is 0 Å². The quantitative estimate of drug-likeness (QED) is 0.655. The molecule has 0 aromatic heterocycles. The summed E-state index contributed by atoms with van der Waals surface area (Å²) in [5.41, 5.74) is 1.22. The Morgan fingerprint density at radius 1 is 1.07 bits per heavy atom. The molecule has 0 bridgehead atoms. The molecule has 1 amide bonds. The van der Waals surface area contributed by atoms with E-state index in [0.717, 1.165) is 32.5 Å². The minimum Gasteiger partial charge on any atom is -0.337 e. The first-order chi connectivity index (χ1) is 14.4. The Labute approximate surface area is 178 Å². The van der Waals surface area contributed by atoms with Gasteiger partial charge in [-0.05, 0) is 69.7 Å². The molecule has 0 N–H and O–H groups in total. The molecule has 1 heterocycles. The first-order valence-electron chi connectivity index (χ1n) is 10.6. The van der Waals surface area contributed by atoms with Crippen molar-refractivity contribution in [2.24, 2.45) is 5.92 Å². The predicted molar refractivity (Wildman–Crippen MR) is 115 cm³/mol. The second kappa shape index (κ2) is 10.6. The number of halogens is 2. The topological polar surface area (TPSA) is 26.8 Å². The van der Waals surface area contributed by atoms with Crippen LogP contribution >= 0.6 is 0 Å². The Morgan fingerprint density at radius 2 is 1.80 bits per heavy atom. The van der Waals surface area contributed by atoms with Crippen LogP contribution in [0.15, 0.2) is 48.5 Å². The van der Waals surface area contributed by atoms with E-state index in [9.17, 15) is 13.6 Å². The highest BCUT2D eigenvalue weighted by atomic mass is 19.1. The summed E-state index contributed by atoms with van der Waals surface area (Å²) in [4.78, 5) is 19.3. The number of carbonyl (C=O) groups is 1. The molecule has 1 aliphatic heterocycles. The molecule has 1 atom stereocenters. The largest absolute Gasteiger partial charge is 0.337 e. The first-order valence-corrected chi connectivity index (χ1v) is 10.6. The maximum absolute atomic E-state index is 14.0. The molecule has 162 valence electrons. The highest BCUT2D eigenvalue weighted by molar-refractivity contribution is 5.94. The van der Waals surface area contributed by atoms with Crippen LogP contribution in [-0.2, 0) is 6.54 Å². The van der Waals surface area contributed by atoms with Gasteiger partial charge >= 0.3 is 0 Å². The van der Waals surface area contributed by atoms with Gasteiger partial charge in [0.2, 0.25) is 0 Å². The summed E-state index contributed by atoms with van der Waals surface area (Å²) in [7, 11) is 3.97. The van der Waals surface area contributed by atoms with E-state index in [4.69, 9.17) is 0 Å². The van der Waals surface area contributed by atoms with Crippen LogP contribution in [0.2, 0.25) is 0 Å². The number of amides is 1. The van der Waals surface area contributed by atoms with E-state index in [1.807, 2.05) is 31.1 Å². The summed E-state index contributed by atoms with van der Waals surface area (Å²) in [6.45, 7) is 4.40. The summed E-state index contributed by atoms with van der Waals surface area (Å²) in [5, 5.41) is 0. The molecule has 1 aliphatic rings. The number of likely N-dealkylation sites (tertiary alicyclic amines) is 1. The summed E-state index contributed by atoms with van der Waals surface area (Å²) in [5.74, 6) is -0.249. The van der Waals surface area contributed by atoms with Crippen LogP contribution < -0.4 is 0 Å². The Balaban J connectivity index is 1.66. The third kappa shape index (κ3) is 6.34. The van der Waals surface area contributed by atoms with Crippen molar-refractivity contribution in [2.75, 3.05) is 46.8 Å². The Kier molecular flexibility index (Phi) is 7.94. The van der Waals surface area contributed by atoms with E-state index >= 15 is 0 Å². The maximum Gasteiger partial charge on any atom is 0.253 e. The van der Waals surface area contributed by atoms with Gasteiger partial charge in [-0.2, -0.15) is 0 Å². The fraction of sp³-hybridized carbons (Fsp3) is 0.458. The molecule has 2 aromatic rings. The summed E-state index contributed by atoms with van der Waals surface area (Å²) in [6, 6.07) is 12.7. The normalized spacial score (nSPS) is 17.3. The van der Waals surface area contributed by atoms with Crippen LogP contribution in [0.25, 0.3) is 0 Å². The molecule has 6 heteroatoms. The lowest BCUT2D eigenvalue weighted by molar-refractivity contribution is 0.0660. The van der Waals surface area contributed by atoms with E-state index in [0.29, 0.717) is 36.7 Å². The zero-order valence-corrected chi connectivity index (χ0v) is 17.9. The van der Waals surface area contributed by atoms with Gasteiger partial charge in [0, 0.05) is 43.9 Å². The molecule has 4 nitrogen and oxygen atoms in total. The number of likely N-dealkylation sites (N-methyl/N-ethyl adjacent to an activating group) is 1. The maximum atomic E-state index is 14.0. The van der Waals surface area contributed by atoms with E-state index in [-0.39, 0.29) is 17.5 Å². The van der Waals surface area contributed by atoms with Crippen LogP contribution in [-0.4, -0.2) is 67.4 Å². The van der Waals surface area contributed by atoms with Gasteiger partial charge < -0.3 is 9.80 Å². The van der Waals surface area contributed by atoms with Crippen molar-refractivity contribution in [1.82, 2.24) is 14.7 Å². The van der Waals surface area contributed by atoms with Crippen LogP contribution in [0.3, 0.4) is 0 Å². The van der Waals surface area contributed by atoms with E-state index < -0.39 is 0 Å². The second-order valence-corrected chi connectivity index (χ2v) is 8.40. The van der Waals surface area contributed by atoms with Crippen molar-refractivity contribution >= 4 is 5.91 Å². The van der Waals surface area contributed by atoms with Crippen molar-refractivity contribution < 1.29 is 13.6 Å². The summed E-state index contributed by atoms with van der Waals surface area (Å²) in [6.07, 6.45) is 2.08. The molecule has 0 radical (unpaired) electrons. The molecule has 0 unspecified atom stereocenters. The lowest BCUT2D eigenvalue weighted by atomic mass is 9.96. The van der Waals surface area contributed by atoms with Gasteiger partial charge in [0.1, 0.15) is 11.6 Å². The van der Waals surface area contributed by atoms with E-state index in [2.05, 4.69) is 9.80 Å². The van der Waals surface area contributed by atoms with Gasteiger partial charge in [0.05, 0.1) is 0 Å². The second-order valence-electron chi connectivity index (χ2n) is 8.40. The predicted octanol–water partition coefficient (Wildman–Crippen LogP) is 3.88. The molecule has 1 saturated heterocycles. The van der Waals surface area contributed by atoms with Crippen molar-refractivity contribution in [3.05, 3.63) is 71.3 Å². The number of rotatable bonds is 8. The Morgan fingerprint density at radius 3 is 2.50 bits per heavy atom. The number of benzene rings is 2. The zero-order valence-electron chi connectivity index (χ0n) is 17.9. The number of hydrogen-bond acceptors (Lipinski definition) is 3. The van der Waals surface area contributed by atoms with Crippen molar-refractivity contribution in [1.29, 1.82) is 0 Å². The minimum absolute atomic E-state index is 0.0666. The molecule has 3 rings (SSSR count). The third-order valence-corrected chi connectivity index (χ3v) is 5.63. The standard InChI is InChI=1S/C24H31F2N3O/c1-27(2)14-15-29(24(30)20-9-11-22(25)12-10-20)17-19-6-5-13-28(16-19)18-21-7-3-4-8-23(21)26/h3-4,7-12,19H,5-6,13-18H2,1-2H3/t19-/m0/s1. The van der Waals surface area contributed by atoms with Crippen molar-refractivity contribution in [3.63, 3.8) is 0 Å². The minimum atomic E-state index is -0.345. The summed E-state index contributed by atoms with van der Waals surface area (Å²) >= 11 is 0. The molecule has 0 spiro atoms. The van der Waals surface area contributed by atoms with Gasteiger partial charge in [-0.1, -0.05) is 18.2 Å².